The molecule has 2 aromatic carbocycles. The van der Waals surface area contributed by atoms with Gasteiger partial charge in [0.25, 0.3) is 0 Å². The summed E-state index contributed by atoms with van der Waals surface area (Å²) in [5, 5.41) is 17.4. The van der Waals surface area contributed by atoms with Gasteiger partial charge in [0.15, 0.2) is 11.6 Å². The van der Waals surface area contributed by atoms with Gasteiger partial charge in [0.2, 0.25) is 5.90 Å². The average Bonchev–Trinajstić information content (AvgIpc) is 2.61. The van der Waals surface area contributed by atoms with E-state index in [1.54, 1.807) is 37.2 Å². The zero-order valence-electron chi connectivity index (χ0n) is 14.7. The maximum absolute atomic E-state index is 13.9. The Morgan fingerprint density at radius 3 is 2.39 bits per heavy atom. The Morgan fingerprint density at radius 2 is 1.82 bits per heavy atom. The molecule has 1 N–H and O–H groups in total. The maximum atomic E-state index is 13.9. The van der Waals surface area contributed by atoms with Crippen molar-refractivity contribution in [2.45, 2.75) is 12.1 Å². The highest BCUT2D eigenvalue weighted by Gasteiger charge is 2.41. The van der Waals surface area contributed by atoms with Crippen LogP contribution in [-0.2, 0) is 6.18 Å². The highest BCUT2D eigenvalue weighted by Crippen LogP contribution is 2.45. The monoisotopic (exact) mass is 395 g/mol. The molecular weight excluding hydrogens is 381 g/mol. The van der Waals surface area contributed by atoms with Gasteiger partial charge in [0, 0.05) is 37.3 Å². The lowest BCUT2D eigenvalue weighted by Gasteiger charge is -2.31. The SMILES string of the molecule is CN(C)c1ccc2c(c1)OC(=N)C(C#N)C2c1cc(F)c(F)c(C(F)(F)F)c1. The normalized spacial score (nSPS) is 18.9. The number of nitriles is 1. The van der Waals surface area contributed by atoms with E-state index in [1.165, 1.54) is 0 Å². The van der Waals surface area contributed by atoms with Gasteiger partial charge in [-0.05, 0) is 23.8 Å². The largest absolute Gasteiger partial charge is 0.442 e. The third kappa shape index (κ3) is 3.26. The van der Waals surface area contributed by atoms with E-state index < -0.39 is 41.1 Å². The average molecular weight is 395 g/mol. The van der Waals surface area contributed by atoms with Crippen molar-refractivity contribution in [3.05, 3.63) is 58.7 Å². The Balaban J connectivity index is 2.24. The zero-order chi connectivity index (χ0) is 20.8. The van der Waals surface area contributed by atoms with Gasteiger partial charge in [-0.1, -0.05) is 6.07 Å². The van der Waals surface area contributed by atoms with Gasteiger partial charge in [-0.2, -0.15) is 18.4 Å². The summed E-state index contributed by atoms with van der Waals surface area (Å²) in [5.74, 6) is -6.39. The molecule has 28 heavy (non-hydrogen) atoms. The number of nitrogens with one attached hydrogen (secondary N) is 1. The van der Waals surface area contributed by atoms with Crippen molar-refractivity contribution in [3.63, 3.8) is 0 Å². The van der Waals surface area contributed by atoms with E-state index in [1.807, 2.05) is 6.07 Å². The molecule has 3 rings (SSSR count). The molecule has 0 bridgehead atoms. The third-order valence-electron chi connectivity index (χ3n) is 4.54. The van der Waals surface area contributed by atoms with Gasteiger partial charge in [-0.3, -0.25) is 5.41 Å². The van der Waals surface area contributed by atoms with Crippen LogP contribution < -0.4 is 9.64 Å². The molecule has 9 heteroatoms. The predicted molar refractivity (Wildman–Crippen MR) is 91.4 cm³/mol. The van der Waals surface area contributed by atoms with E-state index in [-0.39, 0.29) is 11.3 Å². The van der Waals surface area contributed by atoms with Crippen molar-refractivity contribution in [2.24, 2.45) is 5.92 Å². The van der Waals surface area contributed by atoms with Crippen molar-refractivity contribution >= 4 is 11.6 Å². The van der Waals surface area contributed by atoms with E-state index in [0.717, 1.165) is 0 Å². The summed E-state index contributed by atoms with van der Waals surface area (Å²) in [7, 11) is 3.52. The third-order valence-corrected chi connectivity index (χ3v) is 4.54. The molecule has 146 valence electrons. The standard InChI is InChI=1S/C19H14F5N3O/c1-27(2)10-3-4-11-15(7-10)28-18(26)12(8-25)16(11)9-5-13(19(22,23)24)17(21)14(20)6-9/h3-7,12,16,26H,1-2H3. The van der Waals surface area contributed by atoms with Crippen LogP contribution in [0.3, 0.4) is 0 Å². The number of ether oxygens (including phenoxy) is 1. The van der Waals surface area contributed by atoms with E-state index in [4.69, 9.17) is 10.1 Å². The van der Waals surface area contributed by atoms with Gasteiger partial charge < -0.3 is 9.64 Å². The Morgan fingerprint density at radius 1 is 1.14 bits per heavy atom. The van der Waals surface area contributed by atoms with Gasteiger partial charge >= 0.3 is 6.18 Å². The van der Waals surface area contributed by atoms with Crippen LogP contribution in [0, 0.1) is 34.3 Å². The molecule has 0 aromatic heterocycles. The highest BCUT2D eigenvalue weighted by atomic mass is 19.4. The number of fused-ring (bicyclic) bond motifs is 1. The smallest absolute Gasteiger partial charge is 0.419 e. The first-order valence-electron chi connectivity index (χ1n) is 8.08. The summed E-state index contributed by atoms with van der Waals surface area (Å²) in [6, 6.07) is 7.69. The first kappa shape index (κ1) is 19.6. The lowest BCUT2D eigenvalue weighted by molar-refractivity contribution is -0.140. The van der Waals surface area contributed by atoms with Crippen molar-refractivity contribution < 1.29 is 26.7 Å². The molecule has 0 fully saturated rings. The molecule has 0 spiro atoms. The number of hydrogen-bond acceptors (Lipinski definition) is 4. The molecule has 0 radical (unpaired) electrons. The van der Waals surface area contributed by atoms with Crippen LogP contribution >= 0.6 is 0 Å². The summed E-state index contributed by atoms with van der Waals surface area (Å²) in [5.41, 5.74) is -1.01. The van der Waals surface area contributed by atoms with Crippen LogP contribution in [0.15, 0.2) is 30.3 Å². The number of anilines is 1. The van der Waals surface area contributed by atoms with Crippen molar-refractivity contribution in [2.75, 3.05) is 19.0 Å². The minimum Gasteiger partial charge on any atom is -0.442 e. The van der Waals surface area contributed by atoms with Gasteiger partial charge in [-0.25, -0.2) is 8.78 Å². The molecule has 1 heterocycles. The van der Waals surface area contributed by atoms with Crippen LogP contribution in [0.2, 0.25) is 0 Å². The first-order chi connectivity index (χ1) is 13.0. The summed E-state index contributed by atoms with van der Waals surface area (Å²) in [4.78, 5) is 1.75. The summed E-state index contributed by atoms with van der Waals surface area (Å²) < 4.78 is 72.4. The second kappa shape index (κ2) is 6.78. The zero-order valence-corrected chi connectivity index (χ0v) is 14.7. The Bertz CT molecular complexity index is 994. The molecule has 2 atom stereocenters. The fourth-order valence-corrected chi connectivity index (χ4v) is 3.16. The number of hydrogen-bond donors (Lipinski definition) is 1. The number of benzene rings is 2. The highest BCUT2D eigenvalue weighted by molar-refractivity contribution is 5.85. The fourth-order valence-electron chi connectivity index (χ4n) is 3.16. The minimum atomic E-state index is -5.11. The second-order valence-electron chi connectivity index (χ2n) is 6.53. The summed E-state index contributed by atoms with van der Waals surface area (Å²) >= 11 is 0. The molecule has 2 aromatic rings. The minimum absolute atomic E-state index is 0.172. The van der Waals surface area contributed by atoms with E-state index in [0.29, 0.717) is 23.4 Å². The maximum Gasteiger partial charge on any atom is 0.419 e. The Kier molecular flexibility index (Phi) is 4.75. The fraction of sp³-hybridized carbons (Fsp3) is 0.263. The second-order valence-corrected chi connectivity index (χ2v) is 6.53. The lowest BCUT2D eigenvalue weighted by atomic mass is 9.78. The molecule has 4 nitrogen and oxygen atoms in total. The van der Waals surface area contributed by atoms with E-state index >= 15 is 0 Å². The predicted octanol–water partition coefficient (Wildman–Crippen LogP) is 4.69. The Hall–Kier alpha value is -3.15. The van der Waals surface area contributed by atoms with E-state index in [9.17, 15) is 27.2 Å². The summed E-state index contributed by atoms with van der Waals surface area (Å²) in [6.07, 6.45) is -5.11. The molecule has 0 saturated carbocycles. The summed E-state index contributed by atoms with van der Waals surface area (Å²) in [6.45, 7) is 0. The first-order valence-corrected chi connectivity index (χ1v) is 8.08. The molecular formula is C19H14F5N3O. The molecule has 2 unspecified atom stereocenters. The van der Waals surface area contributed by atoms with Crippen LogP contribution in [-0.4, -0.2) is 20.0 Å². The van der Waals surface area contributed by atoms with Crippen LogP contribution in [0.5, 0.6) is 5.75 Å². The number of rotatable bonds is 2. The number of halogens is 5. The molecule has 0 saturated heterocycles. The van der Waals surface area contributed by atoms with Crippen LogP contribution in [0.25, 0.3) is 0 Å². The van der Waals surface area contributed by atoms with Gasteiger partial charge in [-0.15, -0.1) is 0 Å². The molecule has 0 amide bonds. The Labute approximate surface area is 157 Å². The molecule has 1 aliphatic rings. The van der Waals surface area contributed by atoms with Crippen LogP contribution in [0.1, 0.15) is 22.6 Å². The number of alkyl halides is 3. The topological polar surface area (TPSA) is 60.1 Å². The lowest BCUT2D eigenvalue weighted by Crippen LogP contribution is -2.31. The van der Waals surface area contributed by atoms with Gasteiger partial charge in [0.1, 0.15) is 11.7 Å². The quantitative estimate of drug-likeness (QED) is 0.751. The number of nitrogens with zero attached hydrogens (tertiary/aromatic N) is 2. The van der Waals surface area contributed by atoms with Gasteiger partial charge in [0.05, 0.1) is 11.6 Å². The van der Waals surface area contributed by atoms with E-state index in [2.05, 4.69) is 0 Å². The molecule has 0 aliphatic carbocycles. The van der Waals surface area contributed by atoms with Crippen LogP contribution in [0.4, 0.5) is 27.6 Å². The molecule has 1 aliphatic heterocycles. The van der Waals surface area contributed by atoms with Crippen molar-refractivity contribution in [1.82, 2.24) is 0 Å². The van der Waals surface area contributed by atoms with Crippen molar-refractivity contribution in [1.29, 1.82) is 10.7 Å². The van der Waals surface area contributed by atoms with Crippen molar-refractivity contribution in [3.8, 4) is 11.8 Å².